The number of hydrogen-bond acceptors (Lipinski definition) is 5. The van der Waals surface area contributed by atoms with Crippen molar-refractivity contribution in [1.82, 2.24) is 4.90 Å². The topological polar surface area (TPSA) is 71.0 Å². The van der Waals surface area contributed by atoms with Crippen LogP contribution in [0.1, 0.15) is 6.42 Å². The highest BCUT2D eigenvalue weighted by Crippen LogP contribution is 2.32. The summed E-state index contributed by atoms with van der Waals surface area (Å²) in [5.74, 6) is -0.655. The fraction of sp³-hybridized carbons (Fsp3) is 0.211. The Labute approximate surface area is 160 Å². The van der Waals surface area contributed by atoms with Crippen LogP contribution in [0.3, 0.4) is 0 Å². The average molecular weight is 387 g/mol. The Morgan fingerprint density at radius 3 is 2.70 bits per heavy atom. The van der Waals surface area contributed by atoms with Gasteiger partial charge in [0.15, 0.2) is 5.17 Å². The number of amidine groups is 1. The van der Waals surface area contributed by atoms with E-state index in [0.717, 1.165) is 11.8 Å². The Morgan fingerprint density at radius 1 is 1.26 bits per heavy atom. The van der Waals surface area contributed by atoms with Crippen LogP contribution in [0.25, 0.3) is 0 Å². The molecule has 27 heavy (non-hydrogen) atoms. The summed E-state index contributed by atoms with van der Waals surface area (Å²) in [5.41, 5.74) is 0.634. The lowest BCUT2D eigenvalue weighted by Gasteiger charge is -2.29. The molecule has 2 aromatic rings. The highest BCUT2D eigenvalue weighted by molar-refractivity contribution is 8.15. The first kappa shape index (κ1) is 18.9. The van der Waals surface area contributed by atoms with Crippen LogP contribution < -0.4 is 10.1 Å². The molecule has 0 radical (unpaired) electrons. The Morgan fingerprint density at radius 2 is 1.96 bits per heavy atom. The Kier molecular flexibility index (Phi) is 5.75. The third kappa shape index (κ3) is 4.28. The largest absolute Gasteiger partial charge is 0.494 e. The van der Waals surface area contributed by atoms with Gasteiger partial charge in [0.1, 0.15) is 22.5 Å². The minimum absolute atomic E-state index is 0.00635. The zero-order chi connectivity index (χ0) is 19.4. The number of nitrogens with zero attached hydrogens (tertiary/aromatic N) is 2. The van der Waals surface area contributed by atoms with Crippen molar-refractivity contribution in [3.05, 3.63) is 54.3 Å². The lowest BCUT2D eigenvalue weighted by molar-refractivity contribution is -0.128. The van der Waals surface area contributed by atoms with Crippen molar-refractivity contribution in [2.45, 2.75) is 11.7 Å². The van der Waals surface area contributed by atoms with Crippen LogP contribution in [-0.2, 0) is 9.59 Å². The summed E-state index contributed by atoms with van der Waals surface area (Å²) in [4.78, 5) is 30.8. The molecule has 6 nitrogen and oxygen atoms in total. The lowest BCUT2D eigenvalue weighted by Crippen LogP contribution is -2.43. The molecule has 0 aromatic heterocycles. The smallest absolute Gasteiger partial charge is 0.238 e. The van der Waals surface area contributed by atoms with E-state index in [-0.39, 0.29) is 18.0 Å². The summed E-state index contributed by atoms with van der Waals surface area (Å²) in [6.07, 6.45) is 0.00635. The van der Waals surface area contributed by atoms with Gasteiger partial charge in [-0.1, -0.05) is 36.0 Å². The molecule has 1 N–H and O–H groups in total. The van der Waals surface area contributed by atoms with Crippen molar-refractivity contribution in [3.63, 3.8) is 0 Å². The molecule has 1 heterocycles. The van der Waals surface area contributed by atoms with Crippen LogP contribution in [-0.4, -0.2) is 41.3 Å². The molecule has 2 aromatic carbocycles. The van der Waals surface area contributed by atoms with Crippen molar-refractivity contribution in [2.75, 3.05) is 19.5 Å². The summed E-state index contributed by atoms with van der Waals surface area (Å²) in [6, 6.07) is 13.0. The number of methoxy groups -OCH3 is 1. The van der Waals surface area contributed by atoms with E-state index in [2.05, 4.69) is 10.3 Å². The van der Waals surface area contributed by atoms with Gasteiger partial charge in [0, 0.05) is 13.5 Å². The van der Waals surface area contributed by atoms with Crippen molar-refractivity contribution in [3.8, 4) is 5.75 Å². The molecule has 0 bridgehead atoms. The predicted molar refractivity (Wildman–Crippen MR) is 104 cm³/mol. The number of ether oxygens (including phenoxy) is 1. The maximum Gasteiger partial charge on any atom is 0.238 e. The molecule has 1 saturated heterocycles. The first-order valence-electron chi connectivity index (χ1n) is 8.20. The molecule has 0 aliphatic carbocycles. The van der Waals surface area contributed by atoms with Crippen molar-refractivity contribution >= 4 is 40.1 Å². The molecule has 1 unspecified atom stereocenters. The first-order chi connectivity index (χ1) is 13.0. The standard InChI is InChI=1S/C19H18FN3O3S/c1-23-17(24)11-16(18(25)21-13-8-4-3-7-12(13)20)27-19(23)22-14-9-5-6-10-15(14)26-2/h3-10,16H,11H2,1-2H3,(H,21,25). The third-order valence-corrected chi connectivity index (χ3v) is 5.24. The van der Waals surface area contributed by atoms with Crippen LogP contribution in [0.5, 0.6) is 5.75 Å². The van der Waals surface area contributed by atoms with E-state index in [9.17, 15) is 14.0 Å². The summed E-state index contributed by atoms with van der Waals surface area (Å²) in [5, 5.41) is 2.21. The van der Waals surface area contributed by atoms with Gasteiger partial charge in [0.25, 0.3) is 0 Å². The Hall–Kier alpha value is -2.87. The fourth-order valence-corrected chi connectivity index (χ4v) is 3.56. The predicted octanol–water partition coefficient (Wildman–Crippen LogP) is 3.42. The number of carbonyl (C=O) groups is 2. The van der Waals surface area contributed by atoms with Gasteiger partial charge < -0.3 is 10.1 Å². The number of hydrogen-bond donors (Lipinski definition) is 1. The van der Waals surface area contributed by atoms with Gasteiger partial charge >= 0.3 is 0 Å². The minimum atomic E-state index is -0.707. The zero-order valence-corrected chi connectivity index (χ0v) is 15.6. The summed E-state index contributed by atoms with van der Waals surface area (Å²) in [7, 11) is 3.14. The number of aliphatic imine (C=N–C) groups is 1. The van der Waals surface area contributed by atoms with Gasteiger partial charge in [-0.2, -0.15) is 0 Å². The fourth-order valence-electron chi connectivity index (χ4n) is 2.50. The Bertz CT molecular complexity index is 903. The van der Waals surface area contributed by atoms with E-state index >= 15 is 0 Å². The van der Waals surface area contributed by atoms with E-state index in [4.69, 9.17) is 4.74 Å². The van der Waals surface area contributed by atoms with Crippen LogP contribution >= 0.6 is 11.8 Å². The van der Waals surface area contributed by atoms with Gasteiger partial charge in [0.2, 0.25) is 11.8 Å². The van der Waals surface area contributed by atoms with Gasteiger partial charge in [-0.3, -0.25) is 14.5 Å². The van der Waals surface area contributed by atoms with Crippen molar-refractivity contribution in [2.24, 2.45) is 4.99 Å². The lowest BCUT2D eigenvalue weighted by atomic mass is 10.2. The highest BCUT2D eigenvalue weighted by Gasteiger charge is 2.34. The second-order valence-corrected chi connectivity index (χ2v) is 6.97. The van der Waals surface area contributed by atoms with Crippen LogP contribution in [0.15, 0.2) is 53.5 Å². The summed E-state index contributed by atoms with van der Waals surface area (Å²) < 4.78 is 19.0. The number of benzene rings is 2. The van der Waals surface area contributed by atoms with Crippen LogP contribution in [0.4, 0.5) is 15.8 Å². The molecule has 140 valence electrons. The Balaban J connectivity index is 1.83. The molecule has 0 saturated carbocycles. The van der Waals surface area contributed by atoms with E-state index < -0.39 is 17.0 Å². The van der Waals surface area contributed by atoms with E-state index in [1.165, 1.54) is 30.2 Å². The second kappa shape index (κ2) is 8.22. The SMILES string of the molecule is COc1ccccc1N=C1SC(C(=O)Nc2ccccc2F)CC(=O)N1C. The number of thioether (sulfide) groups is 1. The van der Waals surface area contributed by atoms with Crippen LogP contribution in [0, 0.1) is 5.82 Å². The number of halogens is 1. The van der Waals surface area contributed by atoms with E-state index in [0.29, 0.717) is 16.6 Å². The molecule has 1 atom stereocenters. The maximum atomic E-state index is 13.8. The second-order valence-electron chi connectivity index (χ2n) is 5.80. The number of rotatable bonds is 4. The van der Waals surface area contributed by atoms with Gasteiger partial charge in [-0.05, 0) is 24.3 Å². The average Bonchev–Trinajstić information content (AvgIpc) is 2.67. The van der Waals surface area contributed by atoms with E-state index in [1.54, 1.807) is 31.3 Å². The molecule has 1 aliphatic heterocycles. The highest BCUT2D eigenvalue weighted by atomic mass is 32.2. The molecule has 0 spiro atoms. The van der Waals surface area contributed by atoms with E-state index in [1.807, 2.05) is 6.07 Å². The quantitative estimate of drug-likeness (QED) is 0.873. The summed E-state index contributed by atoms with van der Waals surface area (Å²) >= 11 is 1.16. The van der Waals surface area contributed by atoms with Gasteiger partial charge in [-0.15, -0.1) is 0 Å². The van der Waals surface area contributed by atoms with Gasteiger partial charge in [-0.25, -0.2) is 9.38 Å². The molecular weight excluding hydrogens is 369 g/mol. The third-order valence-electron chi connectivity index (χ3n) is 3.99. The molecule has 1 aliphatic rings. The number of amides is 2. The molecule has 8 heteroatoms. The van der Waals surface area contributed by atoms with Gasteiger partial charge in [0.05, 0.1) is 12.8 Å². The first-order valence-corrected chi connectivity index (χ1v) is 9.08. The number of anilines is 1. The van der Waals surface area contributed by atoms with Crippen LogP contribution in [0.2, 0.25) is 0 Å². The number of para-hydroxylation sites is 3. The molecular formula is C19H18FN3O3S. The number of nitrogens with one attached hydrogen (secondary N) is 1. The number of carbonyl (C=O) groups excluding carboxylic acids is 2. The monoisotopic (exact) mass is 387 g/mol. The summed E-state index contributed by atoms with van der Waals surface area (Å²) in [6.45, 7) is 0. The van der Waals surface area contributed by atoms with Crippen molar-refractivity contribution < 1.29 is 18.7 Å². The zero-order valence-electron chi connectivity index (χ0n) is 14.8. The van der Waals surface area contributed by atoms with Crippen molar-refractivity contribution in [1.29, 1.82) is 0 Å². The maximum absolute atomic E-state index is 13.8. The normalized spacial score (nSPS) is 18.5. The molecule has 3 rings (SSSR count). The minimum Gasteiger partial charge on any atom is -0.494 e. The molecule has 2 amide bonds. The molecule has 1 fully saturated rings.